The van der Waals surface area contributed by atoms with Gasteiger partial charge in [-0.3, -0.25) is 4.90 Å². The highest BCUT2D eigenvalue weighted by atomic mass is 19.1. The molecule has 5 nitrogen and oxygen atoms in total. The Bertz CT molecular complexity index is 504. The van der Waals surface area contributed by atoms with E-state index in [4.69, 9.17) is 5.11 Å². The number of hydrogen-bond acceptors (Lipinski definition) is 2. The molecule has 20 heavy (non-hydrogen) atoms. The minimum absolute atomic E-state index is 0.344. The first-order valence-corrected chi connectivity index (χ1v) is 6.61. The van der Waals surface area contributed by atoms with Crippen LogP contribution in [0, 0.1) is 5.82 Å². The van der Waals surface area contributed by atoms with Gasteiger partial charge in [-0.15, -0.1) is 0 Å². The van der Waals surface area contributed by atoms with Crippen molar-refractivity contribution >= 4 is 17.7 Å². The lowest BCUT2D eigenvalue weighted by atomic mass is 10.2. The molecule has 1 heterocycles. The largest absolute Gasteiger partial charge is 0.480 e. The van der Waals surface area contributed by atoms with Crippen molar-refractivity contribution in [2.45, 2.75) is 25.8 Å². The number of likely N-dealkylation sites (tertiary alicyclic amines) is 1. The smallest absolute Gasteiger partial charge is 0.326 e. The number of benzene rings is 1. The van der Waals surface area contributed by atoms with E-state index in [1.54, 1.807) is 6.92 Å². The predicted octanol–water partition coefficient (Wildman–Crippen LogP) is 2.32. The molecule has 6 heteroatoms. The standard InChI is InChI=1S/C14H17FN2O3/c1-2-16(11-7-5-10(15)6-8-11)14(20)17-9-3-4-12(17)13(18)19/h5-8,12H,2-4,9H2,1H3,(H,18,19). The summed E-state index contributed by atoms with van der Waals surface area (Å²) in [4.78, 5) is 26.4. The van der Waals surface area contributed by atoms with Crippen molar-refractivity contribution in [2.24, 2.45) is 0 Å². The highest BCUT2D eigenvalue weighted by Gasteiger charge is 2.36. The third-order valence-electron chi connectivity index (χ3n) is 3.47. The summed E-state index contributed by atoms with van der Waals surface area (Å²) >= 11 is 0. The number of halogens is 1. The van der Waals surface area contributed by atoms with E-state index >= 15 is 0 Å². The number of anilines is 1. The zero-order valence-corrected chi connectivity index (χ0v) is 11.3. The second-order valence-corrected chi connectivity index (χ2v) is 4.69. The number of urea groups is 1. The lowest BCUT2D eigenvalue weighted by Crippen LogP contribution is -2.48. The molecule has 2 rings (SSSR count). The van der Waals surface area contributed by atoms with Crippen molar-refractivity contribution in [3.63, 3.8) is 0 Å². The normalized spacial score (nSPS) is 18.1. The number of rotatable bonds is 3. The summed E-state index contributed by atoms with van der Waals surface area (Å²) in [6.45, 7) is 2.63. The van der Waals surface area contributed by atoms with E-state index in [1.165, 1.54) is 34.1 Å². The molecule has 1 aromatic carbocycles. The van der Waals surface area contributed by atoms with Crippen molar-refractivity contribution in [2.75, 3.05) is 18.0 Å². The number of hydrogen-bond donors (Lipinski definition) is 1. The van der Waals surface area contributed by atoms with Crippen molar-refractivity contribution in [3.8, 4) is 0 Å². The number of amides is 2. The van der Waals surface area contributed by atoms with Crippen LogP contribution in [0.2, 0.25) is 0 Å². The van der Waals surface area contributed by atoms with Crippen LogP contribution in [0.4, 0.5) is 14.9 Å². The third-order valence-corrected chi connectivity index (χ3v) is 3.47. The van der Waals surface area contributed by atoms with Crippen molar-refractivity contribution in [1.82, 2.24) is 4.90 Å². The Morgan fingerprint density at radius 3 is 2.60 bits per heavy atom. The van der Waals surface area contributed by atoms with Crippen LogP contribution in [0.3, 0.4) is 0 Å². The topological polar surface area (TPSA) is 60.9 Å². The molecule has 0 radical (unpaired) electrons. The Morgan fingerprint density at radius 2 is 2.05 bits per heavy atom. The Kier molecular flexibility index (Phi) is 4.22. The molecule has 0 aliphatic carbocycles. The molecule has 1 atom stereocenters. The molecule has 108 valence electrons. The quantitative estimate of drug-likeness (QED) is 0.924. The van der Waals surface area contributed by atoms with Crippen molar-refractivity contribution < 1.29 is 19.1 Å². The molecular weight excluding hydrogens is 263 g/mol. The Hall–Kier alpha value is -2.11. The lowest BCUT2D eigenvalue weighted by Gasteiger charge is -2.29. The summed E-state index contributed by atoms with van der Waals surface area (Å²) in [7, 11) is 0. The van der Waals surface area contributed by atoms with Gasteiger partial charge in [-0.2, -0.15) is 0 Å². The zero-order valence-electron chi connectivity index (χ0n) is 11.3. The molecule has 0 spiro atoms. The molecule has 0 aromatic heterocycles. The van der Waals surface area contributed by atoms with Gasteiger partial charge in [0.05, 0.1) is 0 Å². The van der Waals surface area contributed by atoms with Crippen LogP contribution < -0.4 is 4.90 Å². The van der Waals surface area contributed by atoms with Gasteiger partial charge in [0.2, 0.25) is 0 Å². The van der Waals surface area contributed by atoms with Gasteiger partial charge in [0.15, 0.2) is 0 Å². The molecule has 1 saturated heterocycles. The summed E-state index contributed by atoms with van der Waals surface area (Å²) in [6, 6.07) is 4.49. The van der Waals surface area contributed by atoms with Gasteiger partial charge in [-0.05, 0) is 44.0 Å². The molecule has 1 aliphatic heterocycles. The van der Waals surface area contributed by atoms with Gasteiger partial charge in [-0.1, -0.05) is 0 Å². The monoisotopic (exact) mass is 280 g/mol. The Labute approximate surface area is 116 Å². The van der Waals surface area contributed by atoms with E-state index in [1.807, 2.05) is 0 Å². The van der Waals surface area contributed by atoms with Crippen LogP contribution in [0.25, 0.3) is 0 Å². The molecule has 0 saturated carbocycles. The molecule has 1 aromatic rings. The van der Waals surface area contributed by atoms with Crippen molar-refractivity contribution in [1.29, 1.82) is 0 Å². The maximum absolute atomic E-state index is 12.9. The average Bonchev–Trinajstić information content (AvgIpc) is 2.91. The number of aliphatic carboxylic acids is 1. The summed E-state index contributed by atoms with van der Waals surface area (Å²) in [6.07, 6.45) is 1.16. The fourth-order valence-electron chi connectivity index (χ4n) is 2.46. The Balaban J connectivity index is 2.21. The van der Waals surface area contributed by atoms with Crippen LogP contribution in [-0.2, 0) is 4.79 Å². The van der Waals surface area contributed by atoms with E-state index in [9.17, 15) is 14.0 Å². The van der Waals surface area contributed by atoms with Gasteiger partial charge in [0, 0.05) is 18.8 Å². The van der Waals surface area contributed by atoms with Crippen molar-refractivity contribution in [3.05, 3.63) is 30.1 Å². The number of carboxylic acid groups (broad SMARTS) is 1. The minimum Gasteiger partial charge on any atom is -0.480 e. The number of carboxylic acids is 1. The second kappa shape index (κ2) is 5.90. The van der Waals surface area contributed by atoms with Crippen LogP contribution >= 0.6 is 0 Å². The first-order valence-electron chi connectivity index (χ1n) is 6.61. The second-order valence-electron chi connectivity index (χ2n) is 4.69. The molecule has 1 unspecified atom stereocenters. The van der Waals surface area contributed by atoms with E-state index in [-0.39, 0.29) is 11.8 Å². The first kappa shape index (κ1) is 14.3. The van der Waals surface area contributed by atoms with Crippen LogP contribution in [0.15, 0.2) is 24.3 Å². The van der Waals surface area contributed by atoms with Gasteiger partial charge < -0.3 is 10.0 Å². The molecule has 0 bridgehead atoms. The van der Waals surface area contributed by atoms with Crippen LogP contribution in [-0.4, -0.2) is 41.1 Å². The molecular formula is C14H17FN2O3. The summed E-state index contributed by atoms with van der Waals surface area (Å²) in [5, 5.41) is 9.13. The predicted molar refractivity (Wildman–Crippen MR) is 72.2 cm³/mol. The summed E-state index contributed by atoms with van der Waals surface area (Å²) < 4.78 is 12.9. The van der Waals surface area contributed by atoms with Gasteiger partial charge in [-0.25, -0.2) is 14.0 Å². The zero-order chi connectivity index (χ0) is 14.7. The molecule has 1 fully saturated rings. The summed E-state index contributed by atoms with van der Waals surface area (Å²) in [5.41, 5.74) is 0.565. The fraction of sp³-hybridized carbons (Fsp3) is 0.429. The summed E-state index contributed by atoms with van der Waals surface area (Å²) in [5.74, 6) is -1.35. The van der Waals surface area contributed by atoms with E-state index in [0.29, 0.717) is 31.6 Å². The van der Waals surface area contributed by atoms with Crippen LogP contribution in [0.1, 0.15) is 19.8 Å². The number of carbonyl (C=O) groups excluding carboxylic acids is 1. The van der Waals surface area contributed by atoms with E-state index in [2.05, 4.69) is 0 Å². The highest BCUT2D eigenvalue weighted by Crippen LogP contribution is 2.23. The molecule has 2 amide bonds. The highest BCUT2D eigenvalue weighted by molar-refractivity contribution is 5.94. The number of nitrogens with zero attached hydrogens (tertiary/aromatic N) is 2. The van der Waals surface area contributed by atoms with Gasteiger partial charge in [0.1, 0.15) is 11.9 Å². The maximum atomic E-state index is 12.9. The third kappa shape index (κ3) is 2.74. The van der Waals surface area contributed by atoms with Gasteiger partial charge in [0.25, 0.3) is 0 Å². The maximum Gasteiger partial charge on any atom is 0.326 e. The molecule has 1 N–H and O–H groups in total. The first-order chi connectivity index (χ1) is 9.54. The van der Waals surface area contributed by atoms with E-state index in [0.717, 1.165) is 0 Å². The van der Waals surface area contributed by atoms with Crippen LogP contribution in [0.5, 0.6) is 0 Å². The Morgan fingerprint density at radius 1 is 1.40 bits per heavy atom. The SMILES string of the molecule is CCN(C(=O)N1CCCC1C(=O)O)c1ccc(F)cc1. The fourth-order valence-corrected chi connectivity index (χ4v) is 2.46. The average molecular weight is 280 g/mol. The van der Waals surface area contributed by atoms with E-state index < -0.39 is 12.0 Å². The van der Waals surface area contributed by atoms with Gasteiger partial charge >= 0.3 is 12.0 Å². The lowest BCUT2D eigenvalue weighted by molar-refractivity contribution is -0.141. The molecule has 1 aliphatic rings. The minimum atomic E-state index is -0.981. The number of carbonyl (C=O) groups is 2.